The van der Waals surface area contributed by atoms with E-state index in [9.17, 15) is 4.79 Å². The van der Waals surface area contributed by atoms with Crippen LogP contribution in [0.15, 0.2) is 24.3 Å². The lowest BCUT2D eigenvalue weighted by Gasteiger charge is -2.25. The topological polar surface area (TPSA) is 23.6 Å². The van der Waals surface area contributed by atoms with E-state index in [0.29, 0.717) is 22.9 Å². The molecule has 0 aliphatic rings. The molecule has 0 amide bonds. The standard InChI is InChI=1S/C17H27ClN2O/c1-14(2)13-20(12-11-19(3)4)10-9-17(21)15-7-5-6-8-16(15)18/h5-8,14H,9-13H2,1-4H3. The Labute approximate surface area is 133 Å². The third-order valence-corrected chi connectivity index (χ3v) is 3.65. The second kappa shape index (κ2) is 9.19. The SMILES string of the molecule is CC(C)CN(CCC(=O)c1ccccc1Cl)CCN(C)C. The van der Waals surface area contributed by atoms with Crippen LogP contribution in [-0.2, 0) is 0 Å². The fourth-order valence-corrected chi connectivity index (χ4v) is 2.47. The van der Waals surface area contributed by atoms with E-state index < -0.39 is 0 Å². The summed E-state index contributed by atoms with van der Waals surface area (Å²) >= 11 is 6.08. The van der Waals surface area contributed by atoms with Crippen molar-refractivity contribution in [1.29, 1.82) is 0 Å². The Kier molecular flexibility index (Phi) is 7.94. The molecule has 1 aromatic rings. The van der Waals surface area contributed by atoms with Gasteiger partial charge in [-0.2, -0.15) is 0 Å². The first-order valence-electron chi connectivity index (χ1n) is 7.55. The number of Topliss-reactive ketones (excluding diaryl/α,β-unsaturated/α-hetero) is 1. The molecule has 1 rings (SSSR count). The van der Waals surface area contributed by atoms with Gasteiger partial charge in [0.15, 0.2) is 5.78 Å². The van der Waals surface area contributed by atoms with Crippen molar-refractivity contribution in [3.05, 3.63) is 34.9 Å². The molecule has 0 aliphatic carbocycles. The van der Waals surface area contributed by atoms with Gasteiger partial charge in [-0.05, 0) is 32.1 Å². The smallest absolute Gasteiger partial charge is 0.165 e. The van der Waals surface area contributed by atoms with Gasteiger partial charge in [-0.1, -0.05) is 37.6 Å². The van der Waals surface area contributed by atoms with Crippen molar-refractivity contribution in [3.63, 3.8) is 0 Å². The highest BCUT2D eigenvalue weighted by atomic mass is 35.5. The number of nitrogens with zero attached hydrogens (tertiary/aromatic N) is 2. The highest BCUT2D eigenvalue weighted by Gasteiger charge is 2.13. The summed E-state index contributed by atoms with van der Waals surface area (Å²) in [5.74, 6) is 0.724. The van der Waals surface area contributed by atoms with Crippen LogP contribution in [0.1, 0.15) is 30.6 Å². The van der Waals surface area contributed by atoms with Gasteiger partial charge in [0, 0.05) is 38.2 Å². The van der Waals surface area contributed by atoms with Gasteiger partial charge in [0.1, 0.15) is 0 Å². The van der Waals surface area contributed by atoms with Crippen molar-refractivity contribution in [3.8, 4) is 0 Å². The number of carbonyl (C=O) groups is 1. The Morgan fingerprint density at radius 1 is 1.14 bits per heavy atom. The molecule has 0 unspecified atom stereocenters. The molecule has 0 atom stereocenters. The van der Waals surface area contributed by atoms with E-state index in [4.69, 9.17) is 11.6 Å². The van der Waals surface area contributed by atoms with Gasteiger partial charge in [-0.15, -0.1) is 0 Å². The average Bonchev–Trinajstić information content (AvgIpc) is 2.41. The Morgan fingerprint density at radius 3 is 2.38 bits per heavy atom. The zero-order valence-corrected chi connectivity index (χ0v) is 14.4. The molecule has 0 N–H and O–H groups in total. The first kappa shape index (κ1) is 18.1. The maximum Gasteiger partial charge on any atom is 0.165 e. The van der Waals surface area contributed by atoms with E-state index >= 15 is 0 Å². The van der Waals surface area contributed by atoms with Gasteiger partial charge in [0.05, 0.1) is 5.02 Å². The van der Waals surface area contributed by atoms with Crippen molar-refractivity contribution in [1.82, 2.24) is 9.80 Å². The van der Waals surface area contributed by atoms with E-state index in [1.54, 1.807) is 12.1 Å². The molecule has 3 nitrogen and oxygen atoms in total. The summed E-state index contributed by atoms with van der Waals surface area (Å²) in [7, 11) is 4.14. The monoisotopic (exact) mass is 310 g/mol. The molecule has 0 fully saturated rings. The molecular formula is C17H27ClN2O. The molecule has 0 aliphatic heterocycles. The van der Waals surface area contributed by atoms with Crippen LogP contribution in [0, 0.1) is 5.92 Å². The number of likely N-dealkylation sites (N-methyl/N-ethyl adjacent to an activating group) is 1. The van der Waals surface area contributed by atoms with Crippen LogP contribution in [0.25, 0.3) is 0 Å². The fraction of sp³-hybridized carbons (Fsp3) is 0.588. The molecule has 0 saturated heterocycles. The number of rotatable bonds is 9. The second-order valence-electron chi connectivity index (χ2n) is 6.15. The van der Waals surface area contributed by atoms with E-state index in [1.165, 1.54) is 0 Å². The summed E-state index contributed by atoms with van der Waals surface area (Å²) in [6.07, 6.45) is 0.518. The molecule has 0 heterocycles. The third kappa shape index (κ3) is 7.07. The first-order chi connectivity index (χ1) is 9.90. The quantitative estimate of drug-likeness (QED) is 0.653. The maximum absolute atomic E-state index is 12.3. The Balaban J connectivity index is 2.55. The van der Waals surface area contributed by atoms with E-state index in [-0.39, 0.29) is 5.78 Å². The minimum absolute atomic E-state index is 0.124. The highest BCUT2D eigenvalue weighted by Crippen LogP contribution is 2.17. The molecule has 0 radical (unpaired) electrons. The number of hydrogen-bond donors (Lipinski definition) is 0. The van der Waals surface area contributed by atoms with Gasteiger partial charge in [0.2, 0.25) is 0 Å². The molecule has 0 spiro atoms. The number of ketones is 1. The number of carbonyl (C=O) groups excluding carboxylic acids is 1. The number of halogens is 1. The summed E-state index contributed by atoms with van der Waals surface area (Å²) in [6.45, 7) is 8.21. The molecule has 118 valence electrons. The van der Waals surface area contributed by atoms with Crippen molar-refractivity contribution in [2.75, 3.05) is 40.3 Å². The average molecular weight is 311 g/mol. The summed E-state index contributed by atoms with van der Waals surface area (Å²) in [5.41, 5.74) is 0.635. The summed E-state index contributed by atoms with van der Waals surface area (Å²) in [4.78, 5) is 16.8. The van der Waals surface area contributed by atoms with Gasteiger partial charge in [0.25, 0.3) is 0 Å². The van der Waals surface area contributed by atoms with Crippen molar-refractivity contribution in [2.45, 2.75) is 20.3 Å². The first-order valence-corrected chi connectivity index (χ1v) is 7.92. The van der Waals surface area contributed by atoms with Crippen molar-refractivity contribution < 1.29 is 4.79 Å². The lowest BCUT2D eigenvalue weighted by molar-refractivity contribution is 0.0958. The Morgan fingerprint density at radius 2 is 1.81 bits per heavy atom. The summed E-state index contributed by atoms with van der Waals surface area (Å²) in [5, 5.41) is 0.547. The molecule has 4 heteroatoms. The largest absolute Gasteiger partial charge is 0.308 e. The highest BCUT2D eigenvalue weighted by molar-refractivity contribution is 6.33. The van der Waals surface area contributed by atoms with Crippen LogP contribution in [0.5, 0.6) is 0 Å². The predicted molar refractivity (Wildman–Crippen MR) is 90.2 cm³/mol. The van der Waals surface area contributed by atoms with Gasteiger partial charge in [-0.25, -0.2) is 0 Å². The second-order valence-corrected chi connectivity index (χ2v) is 6.56. The minimum Gasteiger partial charge on any atom is -0.308 e. The third-order valence-electron chi connectivity index (χ3n) is 3.32. The molecule has 1 aromatic carbocycles. The number of hydrogen-bond acceptors (Lipinski definition) is 3. The fourth-order valence-electron chi connectivity index (χ4n) is 2.23. The van der Waals surface area contributed by atoms with E-state index in [0.717, 1.165) is 26.2 Å². The lowest BCUT2D eigenvalue weighted by Crippen LogP contribution is -2.35. The van der Waals surface area contributed by atoms with Crippen molar-refractivity contribution in [2.24, 2.45) is 5.92 Å². The molecular weight excluding hydrogens is 284 g/mol. The van der Waals surface area contributed by atoms with Crippen LogP contribution in [-0.4, -0.2) is 55.9 Å². The van der Waals surface area contributed by atoms with Crippen LogP contribution < -0.4 is 0 Å². The lowest BCUT2D eigenvalue weighted by atomic mass is 10.1. The predicted octanol–water partition coefficient (Wildman–Crippen LogP) is 3.43. The zero-order valence-electron chi connectivity index (χ0n) is 13.6. The van der Waals surface area contributed by atoms with Gasteiger partial charge < -0.3 is 9.80 Å². The van der Waals surface area contributed by atoms with Crippen LogP contribution in [0.3, 0.4) is 0 Å². The molecule has 0 saturated carbocycles. The van der Waals surface area contributed by atoms with E-state index in [1.807, 2.05) is 12.1 Å². The van der Waals surface area contributed by atoms with Gasteiger partial charge >= 0.3 is 0 Å². The molecule has 0 bridgehead atoms. The summed E-state index contributed by atoms with van der Waals surface area (Å²) in [6, 6.07) is 7.28. The van der Waals surface area contributed by atoms with Crippen molar-refractivity contribution >= 4 is 17.4 Å². The minimum atomic E-state index is 0.124. The summed E-state index contributed by atoms with van der Waals surface area (Å²) < 4.78 is 0. The molecule has 21 heavy (non-hydrogen) atoms. The molecule has 0 aromatic heterocycles. The van der Waals surface area contributed by atoms with Crippen LogP contribution >= 0.6 is 11.6 Å². The maximum atomic E-state index is 12.3. The zero-order chi connectivity index (χ0) is 15.8. The van der Waals surface area contributed by atoms with Gasteiger partial charge in [-0.3, -0.25) is 4.79 Å². The Bertz CT molecular complexity index is 446. The normalized spacial score (nSPS) is 11.6. The van der Waals surface area contributed by atoms with E-state index in [2.05, 4.69) is 37.7 Å². The van der Waals surface area contributed by atoms with Crippen LogP contribution in [0.4, 0.5) is 0 Å². The number of benzene rings is 1. The van der Waals surface area contributed by atoms with Crippen LogP contribution in [0.2, 0.25) is 5.02 Å². The Hall–Kier alpha value is -0.900.